The molecule has 0 bridgehead atoms. The number of hydrogen-bond donors (Lipinski definition) is 2. The number of hydrogen-bond acceptors (Lipinski definition) is 4. The second-order valence-corrected chi connectivity index (χ2v) is 2.92. The summed E-state index contributed by atoms with van der Waals surface area (Å²) in [6, 6.07) is 0.0529. The molecular weight excluding hydrogens is 132 g/mol. The first-order valence-electron chi connectivity index (χ1n) is 3.53. The molecule has 2 rings (SSSR count). The fraction of sp³-hybridized carbons (Fsp3) is 1.00. The smallest absolute Gasteiger partial charge is 0.103 e. The molecule has 10 heavy (non-hydrogen) atoms. The van der Waals surface area contributed by atoms with E-state index in [1.807, 2.05) is 0 Å². The SMILES string of the molecule is N[C@@H]1CO[C@H]2C1OC[C@H]2N. The van der Waals surface area contributed by atoms with Gasteiger partial charge >= 0.3 is 0 Å². The first-order chi connectivity index (χ1) is 4.79. The minimum atomic E-state index is 0.0264. The van der Waals surface area contributed by atoms with Crippen molar-refractivity contribution in [1.29, 1.82) is 0 Å². The van der Waals surface area contributed by atoms with Crippen molar-refractivity contribution in [3.05, 3.63) is 0 Å². The van der Waals surface area contributed by atoms with E-state index < -0.39 is 0 Å². The molecule has 0 aromatic rings. The van der Waals surface area contributed by atoms with Gasteiger partial charge in [-0.25, -0.2) is 0 Å². The third-order valence-electron chi connectivity index (χ3n) is 2.13. The molecule has 0 spiro atoms. The predicted molar refractivity (Wildman–Crippen MR) is 35.4 cm³/mol. The molecule has 2 aliphatic heterocycles. The lowest BCUT2D eigenvalue weighted by atomic mass is 10.1. The standard InChI is InChI=1S/C6H12N2O2/c7-3-1-9-6-4(8)2-10-5(3)6/h3-6H,1-2,7-8H2/t3-,4-,5-,6?/m1/s1. The molecule has 4 atom stereocenters. The van der Waals surface area contributed by atoms with Gasteiger partial charge in [-0.05, 0) is 0 Å². The zero-order valence-corrected chi connectivity index (χ0v) is 5.69. The van der Waals surface area contributed by atoms with E-state index in [1.54, 1.807) is 0 Å². The van der Waals surface area contributed by atoms with Gasteiger partial charge in [0.25, 0.3) is 0 Å². The molecule has 58 valence electrons. The fourth-order valence-corrected chi connectivity index (χ4v) is 1.56. The predicted octanol–water partition coefficient (Wildman–Crippen LogP) is -1.56. The van der Waals surface area contributed by atoms with E-state index in [9.17, 15) is 0 Å². The van der Waals surface area contributed by atoms with E-state index in [-0.39, 0.29) is 24.3 Å². The van der Waals surface area contributed by atoms with E-state index in [2.05, 4.69) is 0 Å². The van der Waals surface area contributed by atoms with Crippen LogP contribution >= 0.6 is 0 Å². The summed E-state index contributed by atoms with van der Waals surface area (Å²) >= 11 is 0. The molecule has 0 amide bonds. The Hall–Kier alpha value is -0.160. The Kier molecular flexibility index (Phi) is 1.42. The average molecular weight is 144 g/mol. The van der Waals surface area contributed by atoms with Crippen LogP contribution in [0.25, 0.3) is 0 Å². The van der Waals surface area contributed by atoms with Crippen molar-refractivity contribution in [3.63, 3.8) is 0 Å². The highest BCUT2D eigenvalue weighted by Gasteiger charge is 2.44. The lowest BCUT2D eigenvalue weighted by Gasteiger charge is -2.10. The molecule has 4 N–H and O–H groups in total. The van der Waals surface area contributed by atoms with Crippen molar-refractivity contribution < 1.29 is 9.47 Å². The van der Waals surface area contributed by atoms with Gasteiger partial charge in [0, 0.05) is 0 Å². The molecule has 2 fully saturated rings. The molecule has 4 nitrogen and oxygen atoms in total. The van der Waals surface area contributed by atoms with Crippen LogP contribution in [0.5, 0.6) is 0 Å². The van der Waals surface area contributed by atoms with Crippen molar-refractivity contribution in [2.75, 3.05) is 13.2 Å². The Labute approximate surface area is 59.5 Å². The normalized spacial score (nSPS) is 53.4. The second-order valence-electron chi connectivity index (χ2n) is 2.92. The Morgan fingerprint density at radius 3 is 1.70 bits per heavy atom. The Bertz CT molecular complexity index is 126. The molecule has 2 saturated heterocycles. The number of rotatable bonds is 0. The molecule has 2 aliphatic rings. The van der Waals surface area contributed by atoms with Crippen LogP contribution in [0.3, 0.4) is 0 Å². The summed E-state index contributed by atoms with van der Waals surface area (Å²) in [6.07, 6.45) is 0.102. The lowest BCUT2D eigenvalue weighted by Crippen LogP contribution is -2.39. The summed E-state index contributed by atoms with van der Waals surface area (Å²) in [5.74, 6) is 0. The van der Waals surface area contributed by atoms with E-state index >= 15 is 0 Å². The topological polar surface area (TPSA) is 70.5 Å². The van der Waals surface area contributed by atoms with Crippen molar-refractivity contribution >= 4 is 0 Å². The number of ether oxygens (including phenoxy) is 2. The largest absolute Gasteiger partial charge is 0.372 e. The van der Waals surface area contributed by atoms with Crippen LogP contribution in [0.4, 0.5) is 0 Å². The maximum absolute atomic E-state index is 5.68. The van der Waals surface area contributed by atoms with E-state index in [0.29, 0.717) is 13.2 Å². The van der Waals surface area contributed by atoms with Crippen LogP contribution in [0.1, 0.15) is 0 Å². The third kappa shape index (κ3) is 0.769. The van der Waals surface area contributed by atoms with E-state index in [1.165, 1.54) is 0 Å². The quantitative estimate of drug-likeness (QED) is 0.431. The number of fused-ring (bicyclic) bond motifs is 1. The summed E-state index contributed by atoms with van der Waals surface area (Å²) in [4.78, 5) is 0. The average Bonchev–Trinajstić information content (AvgIpc) is 2.41. The van der Waals surface area contributed by atoms with Gasteiger partial charge in [0.05, 0.1) is 25.3 Å². The highest BCUT2D eigenvalue weighted by atomic mass is 16.6. The zero-order chi connectivity index (χ0) is 7.14. The van der Waals surface area contributed by atoms with Crippen LogP contribution in [-0.2, 0) is 9.47 Å². The maximum Gasteiger partial charge on any atom is 0.103 e. The van der Waals surface area contributed by atoms with Crippen molar-refractivity contribution in [1.82, 2.24) is 0 Å². The molecule has 0 radical (unpaired) electrons. The fourth-order valence-electron chi connectivity index (χ4n) is 1.56. The van der Waals surface area contributed by atoms with Gasteiger partial charge in [0.15, 0.2) is 0 Å². The van der Waals surface area contributed by atoms with Crippen molar-refractivity contribution in [2.45, 2.75) is 24.3 Å². The molecule has 2 heterocycles. The van der Waals surface area contributed by atoms with Crippen LogP contribution in [-0.4, -0.2) is 37.5 Å². The second kappa shape index (κ2) is 2.17. The van der Waals surface area contributed by atoms with Gasteiger partial charge in [-0.2, -0.15) is 0 Å². The summed E-state index contributed by atoms with van der Waals surface area (Å²) in [7, 11) is 0. The summed E-state index contributed by atoms with van der Waals surface area (Å²) in [5, 5.41) is 0. The summed E-state index contributed by atoms with van der Waals surface area (Å²) < 4.78 is 10.7. The van der Waals surface area contributed by atoms with E-state index in [4.69, 9.17) is 20.9 Å². The highest BCUT2D eigenvalue weighted by Crippen LogP contribution is 2.24. The van der Waals surface area contributed by atoms with Gasteiger partial charge < -0.3 is 20.9 Å². The summed E-state index contributed by atoms with van der Waals surface area (Å²) in [5.41, 5.74) is 11.4. The van der Waals surface area contributed by atoms with Crippen LogP contribution in [0, 0.1) is 0 Å². The van der Waals surface area contributed by atoms with Gasteiger partial charge in [0.1, 0.15) is 12.2 Å². The molecule has 4 heteroatoms. The first kappa shape index (κ1) is 6.54. The van der Waals surface area contributed by atoms with E-state index in [0.717, 1.165) is 0 Å². The lowest BCUT2D eigenvalue weighted by molar-refractivity contribution is 0.0691. The summed E-state index contributed by atoms with van der Waals surface area (Å²) in [6.45, 7) is 1.17. The Morgan fingerprint density at radius 2 is 1.30 bits per heavy atom. The molecule has 0 aliphatic carbocycles. The van der Waals surface area contributed by atoms with Crippen LogP contribution < -0.4 is 11.5 Å². The molecule has 0 aromatic carbocycles. The Morgan fingerprint density at radius 1 is 0.900 bits per heavy atom. The van der Waals surface area contributed by atoms with Gasteiger partial charge in [-0.3, -0.25) is 0 Å². The van der Waals surface area contributed by atoms with Crippen LogP contribution in [0.2, 0.25) is 0 Å². The van der Waals surface area contributed by atoms with Gasteiger partial charge in [-0.15, -0.1) is 0 Å². The molecule has 1 unspecified atom stereocenters. The first-order valence-corrected chi connectivity index (χ1v) is 3.53. The van der Waals surface area contributed by atoms with Gasteiger partial charge in [-0.1, -0.05) is 0 Å². The zero-order valence-electron chi connectivity index (χ0n) is 5.69. The van der Waals surface area contributed by atoms with Crippen LogP contribution in [0.15, 0.2) is 0 Å². The molecule has 0 saturated carbocycles. The molecular formula is C6H12N2O2. The highest BCUT2D eigenvalue weighted by molar-refractivity contribution is 4.97. The minimum Gasteiger partial charge on any atom is -0.372 e. The minimum absolute atomic E-state index is 0.0264. The third-order valence-corrected chi connectivity index (χ3v) is 2.13. The Balaban J connectivity index is 2.09. The maximum atomic E-state index is 5.68. The monoisotopic (exact) mass is 144 g/mol. The van der Waals surface area contributed by atoms with Gasteiger partial charge in [0.2, 0.25) is 0 Å². The molecule has 0 aromatic heterocycles. The van der Waals surface area contributed by atoms with Crippen molar-refractivity contribution in [2.24, 2.45) is 11.5 Å². The van der Waals surface area contributed by atoms with Crippen molar-refractivity contribution in [3.8, 4) is 0 Å². The number of nitrogens with two attached hydrogens (primary N) is 2.